The van der Waals surface area contributed by atoms with Gasteiger partial charge in [-0.3, -0.25) is 4.79 Å². The van der Waals surface area contributed by atoms with E-state index in [4.69, 9.17) is 0 Å². The Labute approximate surface area is 128 Å². The fourth-order valence-electron chi connectivity index (χ4n) is 1.46. The van der Waals surface area contributed by atoms with E-state index in [-0.39, 0.29) is 5.78 Å². The predicted molar refractivity (Wildman–Crippen MR) is 86.7 cm³/mol. The highest BCUT2D eigenvalue weighted by atomic mass is 127. The molecule has 0 saturated carbocycles. The van der Waals surface area contributed by atoms with Crippen LogP contribution in [0.5, 0.6) is 0 Å². The van der Waals surface area contributed by atoms with E-state index in [0.717, 1.165) is 13.6 Å². The van der Waals surface area contributed by atoms with Gasteiger partial charge >= 0.3 is 0 Å². The first kappa shape index (κ1) is 13.5. The highest BCUT2D eigenvalue weighted by Crippen LogP contribution is 2.12. The van der Waals surface area contributed by atoms with Crippen molar-refractivity contribution >= 4 is 50.4 Å². The average Bonchev–Trinajstić information content (AvgIpc) is 2.38. The van der Waals surface area contributed by atoms with Gasteiger partial charge in [0.25, 0.3) is 0 Å². The van der Waals surface area contributed by atoms with E-state index >= 15 is 0 Å². The van der Waals surface area contributed by atoms with Gasteiger partial charge < -0.3 is 0 Å². The van der Waals surface area contributed by atoms with E-state index in [1.54, 1.807) is 6.08 Å². The van der Waals surface area contributed by atoms with Gasteiger partial charge in [0.05, 0.1) is 0 Å². The summed E-state index contributed by atoms with van der Waals surface area (Å²) in [4.78, 5) is 11.9. The number of carbonyl (C=O) groups is 1. The summed E-state index contributed by atoms with van der Waals surface area (Å²) in [7, 11) is 0. The van der Waals surface area contributed by atoms with Crippen LogP contribution in [0.1, 0.15) is 15.9 Å². The lowest BCUT2D eigenvalue weighted by atomic mass is 10.1. The zero-order chi connectivity index (χ0) is 13.0. The van der Waals surface area contributed by atoms with Crippen LogP contribution in [-0.4, -0.2) is 5.78 Å². The second-order valence-corrected chi connectivity index (χ2v) is 5.92. The van der Waals surface area contributed by atoms with Gasteiger partial charge in [-0.05, 0) is 58.5 Å². The monoisotopic (exact) mass is 412 g/mol. The number of carbonyl (C=O) groups excluding carboxylic acids is 1. The van der Waals surface area contributed by atoms with Gasteiger partial charge in [0.2, 0.25) is 0 Å². The standard InChI is InChI=1S/C15H10BrIO/c16-13-6-1-11(2-7-13)3-10-15(18)12-4-8-14(17)9-5-12/h1-10H. The molecule has 0 radical (unpaired) electrons. The zero-order valence-corrected chi connectivity index (χ0v) is 13.2. The van der Waals surface area contributed by atoms with Crippen LogP contribution in [0.15, 0.2) is 59.1 Å². The summed E-state index contributed by atoms with van der Waals surface area (Å²) in [5.74, 6) is 0.0225. The summed E-state index contributed by atoms with van der Waals surface area (Å²) in [5.41, 5.74) is 1.72. The lowest BCUT2D eigenvalue weighted by Gasteiger charge is -1.96. The van der Waals surface area contributed by atoms with Gasteiger partial charge in [-0.2, -0.15) is 0 Å². The minimum atomic E-state index is 0.0225. The van der Waals surface area contributed by atoms with E-state index in [1.807, 2.05) is 54.6 Å². The molecule has 0 aliphatic heterocycles. The van der Waals surface area contributed by atoms with E-state index in [9.17, 15) is 4.79 Å². The molecule has 2 rings (SSSR count). The Morgan fingerprint density at radius 2 is 1.61 bits per heavy atom. The topological polar surface area (TPSA) is 17.1 Å². The molecule has 0 atom stereocenters. The van der Waals surface area contributed by atoms with Crippen LogP contribution in [0.4, 0.5) is 0 Å². The molecule has 0 fully saturated rings. The minimum absolute atomic E-state index is 0.0225. The molecule has 1 nitrogen and oxygen atoms in total. The molecule has 0 aliphatic carbocycles. The van der Waals surface area contributed by atoms with Crippen LogP contribution in [0, 0.1) is 3.57 Å². The summed E-state index contributed by atoms with van der Waals surface area (Å²) in [6, 6.07) is 15.4. The van der Waals surface area contributed by atoms with Gasteiger partial charge in [0, 0.05) is 13.6 Å². The van der Waals surface area contributed by atoms with Gasteiger partial charge in [0.15, 0.2) is 5.78 Å². The molecule has 3 heteroatoms. The van der Waals surface area contributed by atoms with E-state index in [1.165, 1.54) is 0 Å². The lowest BCUT2D eigenvalue weighted by molar-refractivity contribution is 0.104. The molecular weight excluding hydrogens is 403 g/mol. The highest BCUT2D eigenvalue weighted by molar-refractivity contribution is 14.1. The van der Waals surface area contributed by atoms with Crippen molar-refractivity contribution in [3.63, 3.8) is 0 Å². The van der Waals surface area contributed by atoms with Crippen LogP contribution in [0.2, 0.25) is 0 Å². The van der Waals surface area contributed by atoms with Crippen molar-refractivity contribution in [1.29, 1.82) is 0 Å². The Bertz CT molecular complexity index is 570. The minimum Gasteiger partial charge on any atom is -0.289 e. The number of ketones is 1. The summed E-state index contributed by atoms with van der Waals surface area (Å²) >= 11 is 5.60. The zero-order valence-electron chi connectivity index (χ0n) is 9.44. The molecule has 0 unspecified atom stereocenters. The number of halogens is 2. The SMILES string of the molecule is O=C(C=Cc1ccc(Br)cc1)c1ccc(I)cc1. The van der Waals surface area contributed by atoms with E-state index in [0.29, 0.717) is 5.56 Å². The molecule has 0 saturated heterocycles. The third-order valence-electron chi connectivity index (χ3n) is 2.43. The van der Waals surface area contributed by atoms with Crippen molar-refractivity contribution in [3.05, 3.63) is 73.8 Å². The number of benzene rings is 2. The molecule has 0 spiro atoms. The molecule has 2 aromatic rings. The van der Waals surface area contributed by atoms with Crippen molar-refractivity contribution in [2.45, 2.75) is 0 Å². The third-order valence-corrected chi connectivity index (χ3v) is 3.67. The molecular formula is C15H10BrIO. The third kappa shape index (κ3) is 3.78. The van der Waals surface area contributed by atoms with Gasteiger partial charge in [-0.25, -0.2) is 0 Å². The fraction of sp³-hybridized carbons (Fsp3) is 0. The van der Waals surface area contributed by atoms with Crippen LogP contribution in [-0.2, 0) is 0 Å². The first-order valence-corrected chi connectivity index (χ1v) is 7.26. The summed E-state index contributed by atoms with van der Waals surface area (Å²) in [5, 5.41) is 0. The lowest BCUT2D eigenvalue weighted by Crippen LogP contribution is -1.93. The van der Waals surface area contributed by atoms with Crippen molar-refractivity contribution in [3.8, 4) is 0 Å². The Kier molecular flexibility index (Phi) is 4.72. The molecule has 0 aromatic heterocycles. The van der Waals surface area contributed by atoms with Crippen molar-refractivity contribution in [1.82, 2.24) is 0 Å². The predicted octanol–water partition coefficient (Wildman–Crippen LogP) is 4.95. The summed E-state index contributed by atoms with van der Waals surface area (Å²) in [6.45, 7) is 0. The van der Waals surface area contributed by atoms with Crippen LogP contribution < -0.4 is 0 Å². The molecule has 90 valence electrons. The average molecular weight is 413 g/mol. The second-order valence-electron chi connectivity index (χ2n) is 3.76. The fourth-order valence-corrected chi connectivity index (χ4v) is 2.08. The summed E-state index contributed by atoms with van der Waals surface area (Å²) < 4.78 is 2.16. The molecule has 0 aliphatic rings. The number of rotatable bonds is 3. The maximum absolute atomic E-state index is 11.9. The normalized spacial score (nSPS) is 10.8. The Morgan fingerprint density at radius 1 is 1.00 bits per heavy atom. The Balaban J connectivity index is 2.11. The number of hydrogen-bond acceptors (Lipinski definition) is 1. The first-order valence-electron chi connectivity index (χ1n) is 5.39. The van der Waals surface area contributed by atoms with Crippen molar-refractivity contribution in [2.75, 3.05) is 0 Å². The first-order chi connectivity index (χ1) is 8.65. The van der Waals surface area contributed by atoms with Crippen molar-refractivity contribution in [2.24, 2.45) is 0 Å². The second kappa shape index (κ2) is 6.29. The molecule has 18 heavy (non-hydrogen) atoms. The Morgan fingerprint density at radius 3 is 2.22 bits per heavy atom. The quantitative estimate of drug-likeness (QED) is 0.396. The van der Waals surface area contributed by atoms with E-state index in [2.05, 4.69) is 38.5 Å². The largest absolute Gasteiger partial charge is 0.289 e. The number of allylic oxidation sites excluding steroid dienone is 1. The molecule has 0 N–H and O–H groups in total. The van der Waals surface area contributed by atoms with Gasteiger partial charge in [0.1, 0.15) is 0 Å². The Hall–Kier alpha value is -0.940. The van der Waals surface area contributed by atoms with Gasteiger partial charge in [-0.15, -0.1) is 0 Å². The maximum atomic E-state index is 11.9. The molecule has 0 amide bonds. The molecule has 0 heterocycles. The van der Waals surface area contributed by atoms with Gasteiger partial charge in [-0.1, -0.05) is 46.3 Å². The smallest absolute Gasteiger partial charge is 0.185 e. The highest BCUT2D eigenvalue weighted by Gasteiger charge is 2.00. The van der Waals surface area contributed by atoms with Crippen molar-refractivity contribution < 1.29 is 4.79 Å². The maximum Gasteiger partial charge on any atom is 0.185 e. The summed E-state index contributed by atoms with van der Waals surface area (Å²) in [6.07, 6.45) is 3.43. The van der Waals surface area contributed by atoms with Crippen LogP contribution in [0.3, 0.4) is 0 Å². The molecule has 2 aromatic carbocycles. The van der Waals surface area contributed by atoms with Crippen LogP contribution in [0.25, 0.3) is 6.08 Å². The molecule has 0 bridgehead atoms. The van der Waals surface area contributed by atoms with E-state index < -0.39 is 0 Å². The van der Waals surface area contributed by atoms with Crippen LogP contribution >= 0.6 is 38.5 Å². The number of hydrogen-bond donors (Lipinski definition) is 0.